The third-order valence-electron chi connectivity index (χ3n) is 8.97. The van der Waals surface area contributed by atoms with Crippen LogP contribution in [-0.2, 0) is 22.2 Å². The number of alkyl halides is 3. The molecule has 5 atom stereocenters. The molecule has 1 unspecified atom stereocenters. The van der Waals surface area contributed by atoms with E-state index in [1.807, 2.05) is 6.92 Å². The normalized spacial score (nSPS) is 30.0. The maximum absolute atomic E-state index is 14.6. The highest BCUT2D eigenvalue weighted by Gasteiger charge is 2.63. The Bertz CT molecular complexity index is 1410. The number of halogens is 3. The minimum Gasteiger partial charge on any atom is -0.510 e. The number of rotatable bonds is 5. The first-order chi connectivity index (χ1) is 19.2. The van der Waals surface area contributed by atoms with Gasteiger partial charge in [0.2, 0.25) is 5.78 Å². The maximum Gasteiger partial charge on any atom is 0.417 e. The molecule has 0 saturated carbocycles. The van der Waals surface area contributed by atoms with Crippen LogP contribution in [0, 0.1) is 11.8 Å². The largest absolute Gasteiger partial charge is 0.510 e. The van der Waals surface area contributed by atoms with E-state index in [0.29, 0.717) is 32.4 Å². The number of carbonyl (C=O) groups excluding carboxylic acids is 3. The number of fused-ring (bicyclic) bond motifs is 3. The van der Waals surface area contributed by atoms with Crippen molar-refractivity contribution in [3.63, 3.8) is 0 Å². The van der Waals surface area contributed by atoms with Crippen LogP contribution in [-0.4, -0.2) is 74.6 Å². The molecule has 4 aliphatic rings. The number of phenols is 1. The number of likely N-dealkylation sites (N-methyl/N-ethyl adjacent to an activating group) is 1. The molecule has 222 valence electrons. The van der Waals surface area contributed by atoms with Gasteiger partial charge in [-0.25, -0.2) is 0 Å². The number of Topliss-reactive ketones (excluding diaryl/α,β-unsaturated/α-hetero) is 2. The standard InChI is InChI=1S/C28H32F3N3O7/c1-3-7-34(2)21-14-9-11-8-13-18(16(35)10-12(15-5-4-6-33-15)20(13)28(29,30)31)22(36)17(11)24(38)27(14,41)25(39)19(23(21)37)26(32)40/h10-11,14-15,21,33,35,37-38,41H,3-9H2,1-2H3,(H2,32,40)/t11-,14-,15?,21-,27-/m0/s1. The lowest BCUT2D eigenvalue weighted by Crippen LogP contribution is -2.64. The SMILES string of the molecule is CCCN(C)[C@@H]1C(O)=C(C(N)=O)C(=O)[C@@]2(O)C(O)=C3C(=O)c4c(O)cc(C5CCCN5)c(C(F)(F)F)c4C[C@H]3C[C@@H]12. The first-order valence-electron chi connectivity index (χ1n) is 13.5. The Morgan fingerprint density at radius 1 is 1.24 bits per heavy atom. The summed E-state index contributed by atoms with van der Waals surface area (Å²) < 4.78 is 43.8. The van der Waals surface area contributed by atoms with Gasteiger partial charge in [-0.05, 0) is 75.4 Å². The van der Waals surface area contributed by atoms with Crippen molar-refractivity contribution in [1.82, 2.24) is 10.2 Å². The van der Waals surface area contributed by atoms with Gasteiger partial charge in [0, 0.05) is 17.5 Å². The van der Waals surface area contributed by atoms with E-state index in [2.05, 4.69) is 5.32 Å². The smallest absolute Gasteiger partial charge is 0.417 e. The number of aromatic hydroxyl groups is 1. The Labute approximate surface area is 233 Å². The minimum atomic E-state index is -4.88. The fourth-order valence-corrected chi connectivity index (χ4v) is 7.32. The number of nitrogens with two attached hydrogens (primary N) is 1. The molecule has 1 aromatic rings. The van der Waals surface area contributed by atoms with Crippen molar-refractivity contribution in [3.05, 3.63) is 51.0 Å². The van der Waals surface area contributed by atoms with Crippen LogP contribution in [0.3, 0.4) is 0 Å². The molecule has 0 radical (unpaired) electrons. The minimum absolute atomic E-state index is 0.178. The highest BCUT2D eigenvalue weighted by Crippen LogP contribution is 2.54. The van der Waals surface area contributed by atoms with Crippen molar-refractivity contribution in [2.24, 2.45) is 17.6 Å². The molecule has 1 saturated heterocycles. The number of nitrogens with zero attached hydrogens (tertiary/aromatic N) is 1. The molecule has 5 rings (SSSR count). The van der Waals surface area contributed by atoms with Crippen LogP contribution in [0.15, 0.2) is 28.7 Å². The number of carbonyl (C=O) groups is 3. The molecule has 0 aromatic heterocycles. The zero-order chi connectivity index (χ0) is 30.2. The summed E-state index contributed by atoms with van der Waals surface area (Å²) in [7, 11) is 1.55. The van der Waals surface area contributed by atoms with Gasteiger partial charge in [-0.15, -0.1) is 0 Å². The first-order valence-corrected chi connectivity index (χ1v) is 13.5. The number of hydrogen-bond donors (Lipinski definition) is 6. The molecule has 1 heterocycles. The first kappa shape index (κ1) is 29.1. The van der Waals surface area contributed by atoms with Crippen LogP contribution in [0.4, 0.5) is 13.2 Å². The maximum atomic E-state index is 14.6. The fourth-order valence-electron chi connectivity index (χ4n) is 7.32. The summed E-state index contributed by atoms with van der Waals surface area (Å²) >= 11 is 0. The second kappa shape index (κ2) is 9.85. The highest BCUT2D eigenvalue weighted by atomic mass is 19.4. The topological polar surface area (TPSA) is 173 Å². The van der Waals surface area contributed by atoms with Gasteiger partial charge in [-0.2, -0.15) is 13.2 Å². The van der Waals surface area contributed by atoms with Gasteiger partial charge >= 0.3 is 6.18 Å². The molecule has 7 N–H and O–H groups in total. The van der Waals surface area contributed by atoms with Crippen molar-refractivity contribution in [2.45, 2.75) is 62.9 Å². The van der Waals surface area contributed by atoms with Crippen molar-refractivity contribution in [3.8, 4) is 5.75 Å². The van der Waals surface area contributed by atoms with Gasteiger partial charge in [-0.1, -0.05) is 6.92 Å². The average Bonchev–Trinajstić information content (AvgIpc) is 3.40. The summed E-state index contributed by atoms with van der Waals surface area (Å²) in [5.41, 5.74) is -1.23. The summed E-state index contributed by atoms with van der Waals surface area (Å²) in [4.78, 5) is 41.0. The van der Waals surface area contributed by atoms with Crippen LogP contribution < -0.4 is 11.1 Å². The summed E-state index contributed by atoms with van der Waals surface area (Å²) in [5, 5.41) is 48.0. The Morgan fingerprint density at radius 3 is 2.49 bits per heavy atom. The van der Waals surface area contributed by atoms with Gasteiger partial charge < -0.3 is 31.5 Å². The van der Waals surface area contributed by atoms with E-state index in [1.165, 1.54) is 0 Å². The molecule has 13 heteroatoms. The number of primary amides is 1. The molecule has 3 aliphatic carbocycles. The molecule has 0 spiro atoms. The van der Waals surface area contributed by atoms with Gasteiger partial charge in [0.15, 0.2) is 11.4 Å². The second-order valence-electron chi connectivity index (χ2n) is 11.3. The number of hydrogen-bond acceptors (Lipinski definition) is 9. The molecular formula is C28H32F3N3O7. The summed E-state index contributed by atoms with van der Waals surface area (Å²) in [6.45, 7) is 2.63. The molecule has 41 heavy (non-hydrogen) atoms. The molecule has 1 aliphatic heterocycles. The zero-order valence-corrected chi connectivity index (χ0v) is 22.5. The van der Waals surface area contributed by atoms with Crippen molar-refractivity contribution in [1.29, 1.82) is 0 Å². The van der Waals surface area contributed by atoms with Crippen LogP contribution in [0.25, 0.3) is 0 Å². The predicted octanol–water partition coefficient (Wildman–Crippen LogP) is 2.34. The van der Waals surface area contributed by atoms with E-state index in [4.69, 9.17) is 5.73 Å². The predicted molar refractivity (Wildman–Crippen MR) is 138 cm³/mol. The highest BCUT2D eigenvalue weighted by molar-refractivity contribution is 6.24. The summed E-state index contributed by atoms with van der Waals surface area (Å²) in [5.74, 6) is -8.87. The van der Waals surface area contributed by atoms with Gasteiger partial charge in [0.05, 0.1) is 17.2 Å². The van der Waals surface area contributed by atoms with E-state index in [0.717, 1.165) is 6.07 Å². The van der Waals surface area contributed by atoms with E-state index >= 15 is 0 Å². The monoisotopic (exact) mass is 579 g/mol. The van der Waals surface area contributed by atoms with Crippen molar-refractivity contribution in [2.75, 3.05) is 20.1 Å². The number of nitrogens with one attached hydrogen (secondary N) is 1. The van der Waals surface area contributed by atoms with Gasteiger partial charge in [-0.3, -0.25) is 19.3 Å². The van der Waals surface area contributed by atoms with Crippen molar-refractivity contribution < 1.29 is 48.0 Å². The molecule has 1 fully saturated rings. The van der Waals surface area contributed by atoms with Gasteiger partial charge in [0.25, 0.3) is 5.91 Å². The number of phenolic OH excluding ortho intramolecular Hbond substituents is 1. The Morgan fingerprint density at radius 2 is 1.93 bits per heavy atom. The fraction of sp³-hybridized carbons (Fsp3) is 0.536. The van der Waals surface area contributed by atoms with Crippen molar-refractivity contribution >= 4 is 17.5 Å². The molecule has 0 bridgehead atoms. The Kier molecular flexibility index (Phi) is 6.98. The summed E-state index contributed by atoms with van der Waals surface area (Å²) in [6, 6.07) is -0.990. The zero-order valence-electron chi connectivity index (χ0n) is 22.5. The lowest BCUT2D eigenvalue weighted by Gasteiger charge is -2.50. The number of aliphatic hydroxyl groups excluding tert-OH is 2. The molecule has 10 nitrogen and oxygen atoms in total. The van der Waals surface area contributed by atoms with E-state index < -0.39 is 105 Å². The lowest BCUT2D eigenvalue weighted by molar-refractivity contribution is -0.149. The molecule has 1 amide bonds. The second-order valence-corrected chi connectivity index (χ2v) is 11.3. The number of ketones is 2. The van der Waals surface area contributed by atoms with Crippen LogP contribution in [0.1, 0.15) is 65.7 Å². The van der Waals surface area contributed by atoms with E-state index in [-0.39, 0.29) is 12.0 Å². The van der Waals surface area contributed by atoms with Gasteiger partial charge in [0.1, 0.15) is 22.8 Å². The number of aliphatic hydroxyl groups is 3. The Hall–Kier alpha value is -3.42. The lowest BCUT2D eigenvalue weighted by atomic mass is 9.58. The van der Waals surface area contributed by atoms with Crippen LogP contribution >= 0.6 is 0 Å². The average molecular weight is 580 g/mol. The quantitative estimate of drug-likeness (QED) is 0.286. The third-order valence-corrected chi connectivity index (χ3v) is 8.97. The van der Waals surface area contributed by atoms with E-state index in [9.17, 15) is 48.0 Å². The Balaban J connectivity index is 1.73. The third kappa shape index (κ3) is 4.16. The van der Waals surface area contributed by atoms with E-state index in [1.54, 1.807) is 11.9 Å². The number of amides is 1. The number of allylic oxidation sites excluding steroid dienone is 1. The number of benzene rings is 1. The molecule has 1 aromatic carbocycles. The summed E-state index contributed by atoms with van der Waals surface area (Å²) in [6.07, 6.45) is -4.00. The molecular weight excluding hydrogens is 547 g/mol. The van der Waals surface area contributed by atoms with Crippen LogP contribution in [0.2, 0.25) is 0 Å². The van der Waals surface area contributed by atoms with Crippen LogP contribution in [0.5, 0.6) is 5.75 Å².